The first-order valence-electron chi connectivity index (χ1n) is 16.2. The van der Waals surface area contributed by atoms with Crippen molar-refractivity contribution in [1.82, 2.24) is 14.5 Å². The third kappa shape index (κ3) is 8.70. The molecule has 12 nitrogen and oxygen atoms in total. The lowest BCUT2D eigenvalue weighted by molar-refractivity contribution is -0.151. The number of rotatable bonds is 15. The molecule has 4 heterocycles. The molecule has 3 aromatic heterocycles. The summed E-state index contributed by atoms with van der Waals surface area (Å²) < 4.78 is 17.5. The second-order valence-corrected chi connectivity index (χ2v) is 11.7. The summed E-state index contributed by atoms with van der Waals surface area (Å²) in [5.41, 5.74) is -3.50. The topological polar surface area (TPSA) is 145 Å². The summed E-state index contributed by atoms with van der Waals surface area (Å²) in [6, 6.07) is 10.2. The van der Waals surface area contributed by atoms with Gasteiger partial charge in [-0.15, -0.1) is 6.58 Å². The molecule has 0 radical (unpaired) electrons. The largest absolute Gasteiger partial charge is 0.459 e. The molecule has 1 unspecified atom stereocenters. The molecule has 0 amide bonds. The number of unbranched alkanes of at least 4 members (excludes halogenated alkanes) is 6. The molecule has 1 saturated heterocycles. The first-order chi connectivity index (χ1) is 22.8. The molecular weight excluding hydrogens is 604 g/mol. The summed E-state index contributed by atoms with van der Waals surface area (Å²) in [7, 11) is 0. The molecule has 248 valence electrons. The molecule has 0 N–H and O–H groups in total. The quantitative estimate of drug-likeness (QED) is 0.106. The van der Waals surface area contributed by atoms with Crippen molar-refractivity contribution in [3.05, 3.63) is 103 Å². The van der Waals surface area contributed by atoms with E-state index in [9.17, 15) is 24.0 Å². The van der Waals surface area contributed by atoms with Crippen molar-refractivity contribution in [2.24, 2.45) is 0 Å². The Morgan fingerprint density at radius 2 is 1.57 bits per heavy atom. The van der Waals surface area contributed by atoms with Crippen molar-refractivity contribution in [3.63, 3.8) is 0 Å². The van der Waals surface area contributed by atoms with Crippen molar-refractivity contribution in [3.8, 4) is 0 Å². The second-order valence-electron chi connectivity index (χ2n) is 11.7. The number of carbonyl (C=O) groups excluding carboxylic acids is 1. The minimum atomic E-state index is -0.886. The molecule has 0 saturated carbocycles. The molecule has 47 heavy (non-hydrogen) atoms. The van der Waals surface area contributed by atoms with Crippen molar-refractivity contribution in [2.45, 2.75) is 64.0 Å². The van der Waals surface area contributed by atoms with Crippen LogP contribution < -0.4 is 27.3 Å². The maximum absolute atomic E-state index is 13.7. The fraction of sp³-hybridized carbons (Fsp3) is 0.429. The van der Waals surface area contributed by atoms with Gasteiger partial charge in [0.15, 0.2) is 11.2 Å². The van der Waals surface area contributed by atoms with Gasteiger partial charge in [0.25, 0.3) is 11.1 Å². The van der Waals surface area contributed by atoms with Gasteiger partial charge >= 0.3 is 17.2 Å². The maximum atomic E-state index is 13.7. The van der Waals surface area contributed by atoms with Crippen LogP contribution in [0.4, 0.5) is 5.82 Å². The number of carbonyl (C=O) groups is 1. The standard InChI is InChI=1S/C35H40N4O8/c1-2-3-4-5-6-7-8-9-13-29(40)45-25(23-37-19-21-38(22-20-37)28-12-10-11-18-36-28)24-39-34(43)26-14-15-27-33(32(26)35(39)44)47-31(42)17-16-30(41)46-27/h2,10-12,14-18,25H,1,3-9,13,19-24H2. The number of hydrogen-bond donors (Lipinski definition) is 0. The Morgan fingerprint density at radius 1 is 0.851 bits per heavy atom. The van der Waals surface area contributed by atoms with Gasteiger partial charge in [-0.3, -0.25) is 23.9 Å². The van der Waals surface area contributed by atoms with E-state index in [4.69, 9.17) is 13.6 Å². The zero-order valence-corrected chi connectivity index (χ0v) is 26.4. The number of allylic oxidation sites excluding steroid dienone is 1. The van der Waals surface area contributed by atoms with Gasteiger partial charge in [0.1, 0.15) is 11.9 Å². The average molecular weight is 645 g/mol. The van der Waals surface area contributed by atoms with E-state index < -0.39 is 28.5 Å². The van der Waals surface area contributed by atoms with E-state index in [1.807, 2.05) is 24.3 Å². The zero-order chi connectivity index (χ0) is 33.2. The predicted molar refractivity (Wildman–Crippen MR) is 179 cm³/mol. The minimum Gasteiger partial charge on any atom is -0.459 e. The van der Waals surface area contributed by atoms with Crippen LogP contribution in [0.15, 0.2) is 89.3 Å². The summed E-state index contributed by atoms with van der Waals surface area (Å²) in [6.07, 6.45) is 10.1. The van der Waals surface area contributed by atoms with Crippen LogP contribution in [-0.4, -0.2) is 59.2 Å². The van der Waals surface area contributed by atoms with E-state index in [1.54, 1.807) is 6.20 Å². The van der Waals surface area contributed by atoms with Crippen molar-refractivity contribution >= 4 is 33.7 Å². The molecule has 0 aliphatic carbocycles. The van der Waals surface area contributed by atoms with Gasteiger partial charge in [0.2, 0.25) is 0 Å². The molecule has 1 aliphatic heterocycles. The normalized spacial score (nSPS) is 14.3. The van der Waals surface area contributed by atoms with Gasteiger partial charge in [0.05, 0.1) is 17.3 Å². The van der Waals surface area contributed by atoms with Crippen LogP contribution in [0.25, 0.3) is 21.9 Å². The number of pyridine rings is 1. The number of ether oxygens (including phenoxy) is 1. The SMILES string of the molecule is C=CCCCCCCCCC(=O)OC(CN1CCN(c2ccccn2)CC1)Cn1c(=O)c2ccc3oc(=O)ccc(=O)oc3c2c1=O. The number of esters is 1. The van der Waals surface area contributed by atoms with E-state index in [2.05, 4.69) is 21.4 Å². The smallest absolute Gasteiger partial charge is 0.336 e. The van der Waals surface area contributed by atoms with Crippen LogP contribution in [0.3, 0.4) is 0 Å². The summed E-state index contributed by atoms with van der Waals surface area (Å²) in [5.74, 6) is 0.502. The van der Waals surface area contributed by atoms with Gasteiger partial charge < -0.3 is 18.5 Å². The molecule has 1 aliphatic rings. The average Bonchev–Trinajstić information content (AvgIpc) is 3.30. The van der Waals surface area contributed by atoms with Crippen molar-refractivity contribution in [1.29, 1.82) is 0 Å². The molecule has 5 rings (SSSR count). The number of anilines is 1. The molecule has 0 bridgehead atoms. The summed E-state index contributed by atoms with van der Waals surface area (Å²) in [4.78, 5) is 73.2. The van der Waals surface area contributed by atoms with Gasteiger partial charge in [-0.1, -0.05) is 37.8 Å². The van der Waals surface area contributed by atoms with E-state index in [0.29, 0.717) is 39.1 Å². The van der Waals surface area contributed by atoms with E-state index >= 15 is 0 Å². The Kier molecular flexibility index (Phi) is 11.5. The van der Waals surface area contributed by atoms with Gasteiger partial charge in [-0.2, -0.15) is 0 Å². The number of aromatic nitrogens is 2. The summed E-state index contributed by atoms with van der Waals surface area (Å²) in [6.45, 7) is 6.63. The Balaban J connectivity index is 1.34. The highest BCUT2D eigenvalue weighted by Gasteiger charge is 2.26. The monoisotopic (exact) mass is 644 g/mol. The second kappa shape index (κ2) is 16.1. The number of piperazine rings is 1. The zero-order valence-electron chi connectivity index (χ0n) is 26.4. The molecule has 12 heteroatoms. The van der Waals surface area contributed by atoms with Crippen LogP contribution in [0.5, 0.6) is 0 Å². The van der Waals surface area contributed by atoms with Crippen molar-refractivity contribution in [2.75, 3.05) is 37.6 Å². The van der Waals surface area contributed by atoms with E-state index in [1.165, 1.54) is 12.1 Å². The first-order valence-corrected chi connectivity index (χ1v) is 16.2. The number of nitrogens with zero attached hydrogens (tertiary/aromatic N) is 4. The summed E-state index contributed by atoms with van der Waals surface area (Å²) in [5, 5.41) is -0.171. The highest BCUT2D eigenvalue weighted by Crippen LogP contribution is 2.20. The van der Waals surface area contributed by atoms with Crippen LogP contribution in [0, 0.1) is 0 Å². The highest BCUT2D eigenvalue weighted by atomic mass is 16.5. The minimum absolute atomic E-state index is 0.00398. The van der Waals surface area contributed by atoms with Gasteiger partial charge in [0, 0.05) is 57.5 Å². The lowest BCUT2D eigenvalue weighted by atomic mass is 10.1. The highest BCUT2D eigenvalue weighted by molar-refractivity contribution is 6.01. The Labute approximate surface area is 270 Å². The lowest BCUT2D eigenvalue weighted by Gasteiger charge is -2.36. The van der Waals surface area contributed by atoms with Crippen LogP contribution in [-0.2, 0) is 16.1 Å². The molecule has 1 fully saturated rings. The number of benzene rings is 1. The van der Waals surface area contributed by atoms with Gasteiger partial charge in [-0.25, -0.2) is 14.6 Å². The Morgan fingerprint density at radius 3 is 2.30 bits per heavy atom. The maximum Gasteiger partial charge on any atom is 0.336 e. The third-order valence-corrected chi connectivity index (χ3v) is 8.36. The van der Waals surface area contributed by atoms with Crippen LogP contribution >= 0.6 is 0 Å². The first kappa shape index (κ1) is 33.5. The van der Waals surface area contributed by atoms with E-state index in [-0.39, 0.29) is 40.9 Å². The van der Waals surface area contributed by atoms with Crippen LogP contribution in [0.2, 0.25) is 0 Å². The third-order valence-electron chi connectivity index (χ3n) is 8.36. The number of hydrogen-bond acceptors (Lipinski definition) is 11. The Bertz CT molecular complexity index is 1930. The van der Waals surface area contributed by atoms with Crippen LogP contribution in [0.1, 0.15) is 51.4 Å². The molecule has 4 aromatic rings. The Hall–Kier alpha value is -4.84. The molecule has 1 aromatic carbocycles. The fourth-order valence-electron chi connectivity index (χ4n) is 5.92. The molecule has 0 spiro atoms. The molecule has 1 atom stereocenters. The van der Waals surface area contributed by atoms with Crippen molar-refractivity contribution < 1.29 is 18.4 Å². The van der Waals surface area contributed by atoms with E-state index in [0.717, 1.165) is 61.0 Å². The number of fused-ring (bicyclic) bond motifs is 3. The molecular formula is C35H40N4O8. The predicted octanol–water partition coefficient (Wildman–Crippen LogP) is 3.86. The lowest BCUT2D eigenvalue weighted by Crippen LogP contribution is -2.50. The van der Waals surface area contributed by atoms with Gasteiger partial charge in [-0.05, 0) is 43.5 Å². The summed E-state index contributed by atoms with van der Waals surface area (Å²) >= 11 is 0. The fourth-order valence-corrected chi connectivity index (χ4v) is 5.92.